The lowest BCUT2D eigenvalue weighted by molar-refractivity contribution is -0.150. The van der Waals surface area contributed by atoms with Gasteiger partial charge in [0.1, 0.15) is 0 Å². The lowest BCUT2D eigenvalue weighted by atomic mass is 9.97. The highest BCUT2D eigenvalue weighted by atomic mass is 16.4. The summed E-state index contributed by atoms with van der Waals surface area (Å²) in [7, 11) is 0. The molecule has 2 amide bonds. The molecule has 0 aliphatic carbocycles. The van der Waals surface area contributed by atoms with E-state index in [0.717, 1.165) is 5.56 Å². The van der Waals surface area contributed by atoms with E-state index in [-0.39, 0.29) is 29.8 Å². The van der Waals surface area contributed by atoms with Crippen molar-refractivity contribution in [2.75, 3.05) is 0 Å². The van der Waals surface area contributed by atoms with Crippen LogP contribution in [-0.2, 0) is 16.1 Å². The van der Waals surface area contributed by atoms with E-state index < -0.39 is 5.97 Å². The number of piperidine rings is 1. The van der Waals surface area contributed by atoms with Gasteiger partial charge in [-0.15, -0.1) is 0 Å². The van der Waals surface area contributed by atoms with Crippen molar-refractivity contribution < 1.29 is 19.5 Å². The maximum Gasteiger partial charge on any atom is 0.335 e. The zero-order valence-electron chi connectivity index (χ0n) is 10.6. The smallest absolute Gasteiger partial charge is 0.335 e. The molecule has 0 saturated carbocycles. The van der Waals surface area contributed by atoms with Gasteiger partial charge in [-0.1, -0.05) is 19.1 Å². The van der Waals surface area contributed by atoms with Crippen LogP contribution in [0.4, 0.5) is 0 Å². The number of hydrogen-bond donors (Lipinski definition) is 1. The van der Waals surface area contributed by atoms with Gasteiger partial charge >= 0.3 is 5.97 Å². The predicted molar refractivity (Wildman–Crippen MR) is 67.4 cm³/mol. The molecule has 2 rings (SSSR count). The van der Waals surface area contributed by atoms with Crippen LogP contribution in [0.5, 0.6) is 0 Å². The van der Waals surface area contributed by atoms with Gasteiger partial charge in [0.25, 0.3) is 0 Å². The van der Waals surface area contributed by atoms with Gasteiger partial charge in [-0.2, -0.15) is 0 Å². The highest BCUT2D eigenvalue weighted by molar-refractivity contribution is 5.97. The van der Waals surface area contributed by atoms with Crippen LogP contribution in [-0.4, -0.2) is 27.8 Å². The molecule has 0 spiro atoms. The minimum atomic E-state index is -0.995. The third-order valence-corrected chi connectivity index (χ3v) is 3.19. The van der Waals surface area contributed by atoms with Crippen molar-refractivity contribution in [2.45, 2.75) is 26.3 Å². The summed E-state index contributed by atoms with van der Waals surface area (Å²) in [6, 6.07) is 6.20. The molecule has 100 valence electrons. The molecule has 1 aromatic carbocycles. The van der Waals surface area contributed by atoms with Crippen molar-refractivity contribution in [1.29, 1.82) is 0 Å². The first-order chi connectivity index (χ1) is 8.97. The average Bonchev–Trinajstić information content (AvgIpc) is 2.34. The first-order valence-corrected chi connectivity index (χ1v) is 6.13. The van der Waals surface area contributed by atoms with Crippen LogP contribution < -0.4 is 0 Å². The van der Waals surface area contributed by atoms with E-state index in [9.17, 15) is 14.4 Å². The number of aromatic carboxylic acids is 1. The lowest BCUT2D eigenvalue weighted by Gasteiger charge is -2.28. The minimum Gasteiger partial charge on any atom is -0.478 e. The summed E-state index contributed by atoms with van der Waals surface area (Å²) in [4.78, 5) is 35.6. The fourth-order valence-corrected chi connectivity index (χ4v) is 2.14. The number of amides is 2. The first kappa shape index (κ1) is 13.3. The molecule has 0 aromatic heterocycles. The van der Waals surface area contributed by atoms with Crippen LogP contribution in [0.2, 0.25) is 0 Å². The van der Waals surface area contributed by atoms with E-state index in [1.54, 1.807) is 12.1 Å². The maximum absolute atomic E-state index is 11.8. The number of rotatable bonds is 3. The summed E-state index contributed by atoms with van der Waals surface area (Å²) in [5.41, 5.74) is 0.940. The number of benzene rings is 1. The van der Waals surface area contributed by atoms with Crippen LogP contribution in [0.25, 0.3) is 0 Å². The largest absolute Gasteiger partial charge is 0.478 e. The minimum absolute atomic E-state index is 0.102. The summed E-state index contributed by atoms with van der Waals surface area (Å²) in [5, 5.41) is 8.79. The molecular weight excluding hydrogens is 246 g/mol. The van der Waals surface area contributed by atoms with E-state index in [1.807, 2.05) is 6.92 Å². The highest BCUT2D eigenvalue weighted by Crippen LogP contribution is 2.20. The molecule has 1 aliphatic rings. The van der Waals surface area contributed by atoms with E-state index in [0.29, 0.717) is 12.8 Å². The lowest BCUT2D eigenvalue weighted by Crippen LogP contribution is -2.42. The quantitative estimate of drug-likeness (QED) is 0.840. The summed E-state index contributed by atoms with van der Waals surface area (Å²) in [6.07, 6.45) is 0.776. The van der Waals surface area contributed by atoms with Crippen molar-refractivity contribution in [1.82, 2.24) is 4.90 Å². The predicted octanol–water partition coefficient (Wildman–Crippen LogP) is 1.67. The first-order valence-electron chi connectivity index (χ1n) is 6.13. The van der Waals surface area contributed by atoms with Crippen molar-refractivity contribution in [2.24, 2.45) is 5.92 Å². The Hall–Kier alpha value is -2.17. The monoisotopic (exact) mass is 261 g/mol. The van der Waals surface area contributed by atoms with Crippen molar-refractivity contribution in [3.05, 3.63) is 35.4 Å². The number of carboxylic acids is 1. The van der Waals surface area contributed by atoms with Gasteiger partial charge in [-0.25, -0.2) is 4.79 Å². The van der Waals surface area contributed by atoms with E-state index in [2.05, 4.69) is 0 Å². The molecule has 1 aliphatic heterocycles. The number of nitrogens with zero attached hydrogens (tertiary/aromatic N) is 1. The molecule has 5 nitrogen and oxygen atoms in total. The Morgan fingerprint density at radius 2 is 1.74 bits per heavy atom. The summed E-state index contributed by atoms with van der Waals surface area (Å²) >= 11 is 0. The molecule has 19 heavy (non-hydrogen) atoms. The Morgan fingerprint density at radius 3 is 2.21 bits per heavy atom. The molecule has 0 bridgehead atoms. The fourth-order valence-electron chi connectivity index (χ4n) is 2.14. The zero-order valence-corrected chi connectivity index (χ0v) is 10.6. The van der Waals surface area contributed by atoms with Crippen LogP contribution in [0.1, 0.15) is 35.7 Å². The summed E-state index contributed by atoms with van der Waals surface area (Å²) < 4.78 is 0. The molecule has 1 aromatic rings. The van der Waals surface area contributed by atoms with E-state index in [4.69, 9.17) is 5.11 Å². The number of hydrogen-bond acceptors (Lipinski definition) is 3. The standard InChI is InChI=1S/C14H15NO4/c1-9-6-12(16)15(13(17)7-9)8-10-2-4-11(5-3-10)14(18)19/h2-5,9H,6-8H2,1H3,(H,18,19). The Bertz CT molecular complexity index is 503. The Balaban J connectivity index is 2.10. The third kappa shape index (κ3) is 2.99. The molecule has 1 saturated heterocycles. The van der Waals surface area contributed by atoms with Crippen molar-refractivity contribution in [3.8, 4) is 0 Å². The average molecular weight is 261 g/mol. The molecule has 0 unspecified atom stereocenters. The van der Waals surface area contributed by atoms with Gasteiger partial charge in [-0.05, 0) is 23.6 Å². The zero-order chi connectivity index (χ0) is 14.0. The SMILES string of the molecule is CC1CC(=O)N(Cc2ccc(C(=O)O)cc2)C(=O)C1. The molecule has 1 N–H and O–H groups in total. The van der Waals surface area contributed by atoms with Crippen molar-refractivity contribution in [3.63, 3.8) is 0 Å². The Kier molecular flexibility index (Phi) is 3.64. The molecular formula is C14H15NO4. The molecule has 1 fully saturated rings. The number of carbonyl (C=O) groups is 3. The number of carbonyl (C=O) groups excluding carboxylic acids is 2. The topological polar surface area (TPSA) is 74.7 Å². The molecule has 1 heterocycles. The summed E-state index contributed by atoms with van der Waals surface area (Å²) in [6.45, 7) is 2.10. The number of carboxylic acid groups (broad SMARTS) is 1. The van der Waals surface area contributed by atoms with Crippen LogP contribution in [0.3, 0.4) is 0 Å². The van der Waals surface area contributed by atoms with E-state index >= 15 is 0 Å². The van der Waals surface area contributed by atoms with Gasteiger partial charge in [0.05, 0.1) is 12.1 Å². The maximum atomic E-state index is 11.8. The third-order valence-electron chi connectivity index (χ3n) is 3.19. The normalized spacial score (nSPS) is 16.8. The van der Waals surface area contributed by atoms with Crippen LogP contribution in [0.15, 0.2) is 24.3 Å². The van der Waals surface area contributed by atoms with Crippen LogP contribution in [0, 0.1) is 5.92 Å². The second kappa shape index (κ2) is 5.22. The van der Waals surface area contributed by atoms with Gasteiger partial charge in [0.15, 0.2) is 0 Å². The second-order valence-electron chi connectivity index (χ2n) is 4.89. The molecule has 0 radical (unpaired) electrons. The number of imide groups is 1. The molecule has 0 atom stereocenters. The highest BCUT2D eigenvalue weighted by Gasteiger charge is 2.30. The van der Waals surface area contributed by atoms with Gasteiger partial charge in [0, 0.05) is 12.8 Å². The van der Waals surface area contributed by atoms with Gasteiger partial charge < -0.3 is 5.11 Å². The summed E-state index contributed by atoms with van der Waals surface area (Å²) in [5.74, 6) is -1.21. The second-order valence-corrected chi connectivity index (χ2v) is 4.89. The van der Waals surface area contributed by atoms with Gasteiger partial charge in [-0.3, -0.25) is 14.5 Å². The number of likely N-dealkylation sites (tertiary alicyclic amines) is 1. The van der Waals surface area contributed by atoms with E-state index in [1.165, 1.54) is 17.0 Å². The fraction of sp³-hybridized carbons (Fsp3) is 0.357. The Morgan fingerprint density at radius 1 is 1.21 bits per heavy atom. The van der Waals surface area contributed by atoms with Crippen molar-refractivity contribution >= 4 is 17.8 Å². The Labute approximate surface area is 110 Å². The molecule has 5 heteroatoms. The van der Waals surface area contributed by atoms with Gasteiger partial charge in [0.2, 0.25) is 11.8 Å². The van der Waals surface area contributed by atoms with Crippen LogP contribution >= 0.6 is 0 Å².